The van der Waals surface area contributed by atoms with Crippen molar-refractivity contribution in [3.05, 3.63) is 58.9 Å². The largest absolute Gasteiger partial charge is 0.322 e. The van der Waals surface area contributed by atoms with E-state index in [1.54, 1.807) is 12.1 Å². The molecule has 1 amide bonds. The van der Waals surface area contributed by atoms with Gasteiger partial charge in [0.15, 0.2) is 0 Å². The van der Waals surface area contributed by atoms with Crippen LogP contribution < -0.4 is 5.32 Å². The highest BCUT2D eigenvalue weighted by atomic mass is 35.5. The number of amides is 1. The third-order valence-electron chi connectivity index (χ3n) is 2.43. The van der Waals surface area contributed by atoms with Gasteiger partial charge in [-0.3, -0.25) is 9.78 Å². The second-order valence-corrected chi connectivity index (χ2v) is 4.27. The molecule has 0 spiro atoms. The maximum absolute atomic E-state index is 12.0. The number of aromatic nitrogens is 1. The number of nitrogens with zero attached hydrogens (tertiary/aromatic N) is 1. The molecule has 0 radical (unpaired) electrons. The first-order valence-corrected chi connectivity index (χ1v) is 6.18. The summed E-state index contributed by atoms with van der Waals surface area (Å²) in [5, 5.41) is 3.10. The van der Waals surface area contributed by atoms with Crippen molar-refractivity contribution >= 4 is 34.8 Å². The first kappa shape index (κ1) is 12.9. The van der Waals surface area contributed by atoms with E-state index in [0.717, 1.165) is 5.56 Å². The molecule has 18 heavy (non-hydrogen) atoms. The summed E-state index contributed by atoms with van der Waals surface area (Å²) >= 11 is 11.7. The molecule has 0 unspecified atom stereocenters. The van der Waals surface area contributed by atoms with Gasteiger partial charge in [0.1, 0.15) is 0 Å². The summed E-state index contributed by atoms with van der Waals surface area (Å²) in [6, 6.07) is 8.93. The predicted octanol–water partition coefficient (Wildman–Crippen LogP) is 3.73. The Balaban J connectivity index is 2.24. The van der Waals surface area contributed by atoms with Gasteiger partial charge in [0, 0.05) is 24.0 Å². The van der Waals surface area contributed by atoms with E-state index in [-0.39, 0.29) is 5.91 Å². The van der Waals surface area contributed by atoms with Gasteiger partial charge in [-0.15, -0.1) is 11.6 Å². The highest BCUT2D eigenvalue weighted by Gasteiger charge is 2.11. The van der Waals surface area contributed by atoms with Gasteiger partial charge in [0.25, 0.3) is 5.91 Å². The van der Waals surface area contributed by atoms with E-state index in [9.17, 15) is 4.79 Å². The second kappa shape index (κ2) is 5.85. The molecule has 0 aliphatic rings. The molecule has 92 valence electrons. The summed E-state index contributed by atoms with van der Waals surface area (Å²) in [5.74, 6) is 0.0561. The van der Waals surface area contributed by atoms with Crippen molar-refractivity contribution in [2.45, 2.75) is 5.88 Å². The van der Waals surface area contributed by atoms with Gasteiger partial charge >= 0.3 is 0 Å². The first-order chi connectivity index (χ1) is 8.72. The minimum atomic E-state index is -0.278. The molecular formula is C13H10Cl2N2O. The van der Waals surface area contributed by atoms with E-state index in [2.05, 4.69) is 10.3 Å². The van der Waals surface area contributed by atoms with E-state index in [1.165, 1.54) is 12.4 Å². The van der Waals surface area contributed by atoms with Gasteiger partial charge in [0.2, 0.25) is 0 Å². The van der Waals surface area contributed by atoms with Crippen molar-refractivity contribution in [1.29, 1.82) is 0 Å². The molecule has 1 N–H and O–H groups in total. The number of nitrogens with one attached hydrogen (secondary N) is 1. The molecule has 0 bridgehead atoms. The van der Waals surface area contributed by atoms with Crippen molar-refractivity contribution in [3.8, 4) is 0 Å². The summed E-state index contributed by atoms with van der Waals surface area (Å²) < 4.78 is 0. The number of hydrogen-bond acceptors (Lipinski definition) is 2. The minimum absolute atomic E-state index is 0.278. The fraction of sp³-hybridized carbons (Fsp3) is 0.0769. The van der Waals surface area contributed by atoms with Crippen LogP contribution in [-0.2, 0) is 5.88 Å². The van der Waals surface area contributed by atoms with E-state index in [4.69, 9.17) is 23.2 Å². The Morgan fingerprint density at radius 1 is 1.28 bits per heavy atom. The maximum atomic E-state index is 12.0. The van der Waals surface area contributed by atoms with Gasteiger partial charge in [-0.05, 0) is 17.7 Å². The van der Waals surface area contributed by atoms with E-state index in [0.29, 0.717) is 22.2 Å². The fourth-order valence-electron chi connectivity index (χ4n) is 1.51. The lowest BCUT2D eigenvalue weighted by Crippen LogP contribution is -2.13. The summed E-state index contributed by atoms with van der Waals surface area (Å²) in [7, 11) is 0. The number of hydrogen-bond donors (Lipinski definition) is 1. The molecule has 0 fully saturated rings. The van der Waals surface area contributed by atoms with Crippen molar-refractivity contribution in [3.63, 3.8) is 0 Å². The molecule has 1 aromatic carbocycles. The number of pyridine rings is 1. The average Bonchev–Trinajstić information content (AvgIpc) is 2.39. The number of carbonyl (C=O) groups is 1. The van der Waals surface area contributed by atoms with Crippen LogP contribution in [0.25, 0.3) is 0 Å². The Hall–Kier alpha value is -1.58. The van der Waals surface area contributed by atoms with Crippen LogP contribution in [-0.4, -0.2) is 10.9 Å². The van der Waals surface area contributed by atoms with Crippen molar-refractivity contribution in [2.24, 2.45) is 0 Å². The number of para-hydroxylation sites is 1. The van der Waals surface area contributed by atoms with Crippen LogP contribution in [0.5, 0.6) is 0 Å². The van der Waals surface area contributed by atoms with Gasteiger partial charge in [0.05, 0.1) is 10.6 Å². The van der Waals surface area contributed by atoms with Crippen LogP contribution in [0.2, 0.25) is 5.02 Å². The molecule has 2 rings (SSSR count). The summed E-state index contributed by atoms with van der Waals surface area (Å²) in [6.45, 7) is 0. The Bertz CT molecular complexity index is 572. The standard InChI is InChI=1S/C13H10Cl2N2O/c14-7-9-3-1-2-4-12(9)17-13(18)10-5-6-16-8-11(10)15/h1-6,8H,7H2,(H,17,18). The number of alkyl halides is 1. The van der Waals surface area contributed by atoms with Crippen LogP contribution in [0.15, 0.2) is 42.7 Å². The van der Waals surface area contributed by atoms with E-state index in [1.807, 2.05) is 18.2 Å². The molecule has 0 saturated heterocycles. The molecule has 0 saturated carbocycles. The zero-order valence-corrected chi connectivity index (χ0v) is 10.9. The molecule has 0 atom stereocenters. The Morgan fingerprint density at radius 3 is 2.78 bits per heavy atom. The monoisotopic (exact) mass is 280 g/mol. The third kappa shape index (κ3) is 2.81. The van der Waals surface area contributed by atoms with Gasteiger partial charge in [-0.1, -0.05) is 29.8 Å². The number of benzene rings is 1. The number of rotatable bonds is 3. The summed E-state index contributed by atoms with van der Waals surface area (Å²) in [6.07, 6.45) is 2.96. The Labute approximate surface area is 115 Å². The Kier molecular flexibility index (Phi) is 4.18. The van der Waals surface area contributed by atoms with Gasteiger partial charge < -0.3 is 5.32 Å². The van der Waals surface area contributed by atoms with E-state index < -0.39 is 0 Å². The lowest BCUT2D eigenvalue weighted by molar-refractivity contribution is 0.102. The first-order valence-electron chi connectivity index (χ1n) is 5.27. The van der Waals surface area contributed by atoms with Crippen LogP contribution in [0.3, 0.4) is 0 Å². The van der Waals surface area contributed by atoms with Crippen LogP contribution >= 0.6 is 23.2 Å². The number of halogens is 2. The second-order valence-electron chi connectivity index (χ2n) is 3.60. The predicted molar refractivity (Wildman–Crippen MR) is 73.2 cm³/mol. The number of carbonyl (C=O) groups excluding carboxylic acids is 1. The summed E-state index contributed by atoms with van der Waals surface area (Å²) in [4.78, 5) is 15.9. The highest BCUT2D eigenvalue weighted by Crippen LogP contribution is 2.20. The average molecular weight is 281 g/mol. The van der Waals surface area contributed by atoms with E-state index >= 15 is 0 Å². The molecule has 2 aromatic rings. The van der Waals surface area contributed by atoms with Crippen molar-refractivity contribution in [1.82, 2.24) is 4.98 Å². The zero-order valence-electron chi connectivity index (χ0n) is 9.36. The van der Waals surface area contributed by atoms with Crippen molar-refractivity contribution in [2.75, 3.05) is 5.32 Å². The molecular weight excluding hydrogens is 271 g/mol. The third-order valence-corrected chi connectivity index (χ3v) is 3.02. The maximum Gasteiger partial charge on any atom is 0.257 e. The SMILES string of the molecule is O=C(Nc1ccccc1CCl)c1ccncc1Cl. The number of anilines is 1. The summed E-state index contributed by atoms with van der Waals surface area (Å²) in [5.41, 5.74) is 1.93. The van der Waals surface area contributed by atoms with Crippen LogP contribution in [0, 0.1) is 0 Å². The quantitative estimate of drug-likeness (QED) is 0.871. The minimum Gasteiger partial charge on any atom is -0.322 e. The lowest BCUT2D eigenvalue weighted by Gasteiger charge is -2.09. The normalized spacial score (nSPS) is 10.1. The smallest absolute Gasteiger partial charge is 0.257 e. The van der Waals surface area contributed by atoms with Crippen LogP contribution in [0.1, 0.15) is 15.9 Å². The van der Waals surface area contributed by atoms with Gasteiger partial charge in [-0.2, -0.15) is 0 Å². The molecule has 0 aliphatic heterocycles. The Morgan fingerprint density at radius 2 is 2.06 bits per heavy atom. The van der Waals surface area contributed by atoms with Gasteiger partial charge in [-0.25, -0.2) is 0 Å². The fourth-order valence-corrected chi connectivity index (χ4v) is 1.95. The van der Waals surface area contributed by atoms with Crippen molar-refractivity contribution < 1.29 is 4.79 Å². The molecule has 1 heterocycles. The topological polar surface area (TPSA) is 42.0 Å². The van der Waals surface area contributed by atoms with Crippen LogP contribution in [0.4, 0.5) is 5.69 Å². The molecule has 1 aromatic heterocycles. The zero-order chi connectivity index (χ0) is 13.0. The molecule has 5 heteroatoms. The molecule has 0 aliphatic carbocycles. The molecule has 3 nitrogen and oxygen atoms in total. The lowest BCUT2D eigenvalue weighted by atomic mass is 10.2. The highest BCUT2D eigenvalue weighted by molar-refractivity contribution is 6.34.